The Morgan fingerprint density at radius 2 is 1.71 bits per heavy atom. The van der Waals surface area contributed by atoms with E-state index in [-0.39, 0.29) is 17.7 Å². The fourth-order valence-corrected chi connectivity index (χ4v) is 2.38. The first-order chi connectivity index (χ1) is 10.2. The minimum atomic E-state index is -0.213. The summed E-state index contributed by atoms with van der Waals surface area (Å²) in [4.78, 5) is 23.6. The molecule has 5 nitrogen and oxygen atoms in total. The van der Waals surface area contributed by atoms with Gasteiger partial charge in [-0.05, 0) is 62.8 Å². The van der Waals surface area contributed by atoms with Gasteiger partial charge in [-0.3, -0.25) is 9.59 Å². The monoisotopic (exact) mass is 285 g/mol. The second-order valence-electron chi connectivity index (χ2n) is 5.67. The molecule has 1 aromatic rings. The first-order valence-electron chi connectivity index (χ1n) is 7.49. The smallest absolute Gasteiger partial charge is 0.271 e. The molecule has 0 aromatic heterocycles. The number of amides is 2. The average Bonchev–Trinajstić information content (AvgIpc) is 3.23. The van der Waals surface area contributed by atoms with Gasteiger partial charge >= 0.3 is 0 Å². The van der Waals surface area contributed by atoms with Crippen LogP contribution in [0.25, 0.3) is 0 Å². The lowest BCUT2D eigenvalue weighted by molar-refractivity contribution is -0.117. The highest BCUT2D eigenvalue weighted by Crippen LogP contribution is 2.30. The van der Waals surface area contributed by atoms with Crippen LogP contribution in [0.1, 0.15) is 48.9 Å². The molecule has 3 rings (SSSR count). The highest BCUT2D eigenvalue weighted by Gasteiger charge is 2.29. The van der Waals surface area contributed by atoms with Gasteiger partial charge in [0.1, 0.15) is 0 Å². The Labute approximate surface area is 123 Å². The van der Waals surface area contributed by atoms with Crippen molar-refractivity contribution in [1.82, 2.24) is 5.43 Å². The third-order valence-electron chi connectivity index (χ3n) is 3.86. The summed E-state index contributed by atoms with van der Waals surface area (Å²) in [7, 11) is 0. The molecule has 0 unspecified atom stereocenters. The van der Waals surface area contributed by atoms with Crippen LogP contribution in [0.4, 0.5) is 5.69 Å². The summed E-state index contributed by atoms with van der Waals surface area (Å²) in [6, 6.07) is 6.90. The quantitative estimate of drug-likeness (QED) is 0.835. The topological polar surface area (TPSA) is 70.6 Å². The molecule has 110 valence electrons. The highest BCUT2D eigenvalue weighted by atomic mass is 16.2. The molecule has 0 saturated heterocycles. The summed E-state index contributed by atoms with van der Waals surface area (Å²) in [5.41, 5.74) is 4.93. The van der Waals surface area contributed by atoms with Crippen molar-refractivity contribution in [2.75, 3.05) is 5.32 Å². The summed E-state index contributed by atoms with van der Waals surface area (Å²) in [5, 5.41) is 7.00. The molecular weight excluding hydrogens is 266 g/mol. The van der Waals surface area contributed by atoms with Crippen molar-refractivity contribution in [3.8, 4) is 0 Å². The van der Waals surface area contributed by atoms with Gasteiger partial charge in [-0.25, -0.2) is 5.43 Å². The first kappa shape index (κ1) is 13.8. The molecule has 0 spiro atoms. The second-order valence-corrected chi connectivity index (χ2v) is 5.67. The molecule has 0 atom stereocenters. The number of benzene rings is 1. The second kappa shape index (κ2) is 6.08. The molecule has 21 heavy (non-hydrogen) atoms. The number of nitrogens with one attached hydrogen (secondary N) is 2. The molecule has 0 bridgehead atoms. The molecule has 5 heteroatoms. The normalized spacial score (nSPS) is 17.4. The van der Waals surface area contributed by atoms with E-state index in [0.717, 1.165) is 49.9 Å². The largest absolute Gasteiger partial charge is 0.326 e. The van der Waals surface area contributed by atoms with Crippen molar-refractivity contribution < 1.29 is 9.59 Å². The zero-order chi connectivity index (χ0) is 14.7. The van der Waals surface area contributed by atoms with Crippen LogP contribution in [-0.2, 0) is 4.79 Å². The average molecular weight is 285 g/mol. The number of nitrogens with zero attached hydrogens (tertiary/aromatic N) is 1. The maximum atomic E-state index is 11.9. The van der Waals surface area contributed by atoms with E-state index in [1.807, 2.05) is 0 Å². The maximum absolute atomic E-state index is 11.9. The van der Waals surface area contributed by atoms with E-state index in [9.17, 15) is 9.59 Å². The number of carbonyl (C=O) groups excluding carboxylic acids is 2. The lowest BCUT2D eigenvalue weighted by Crippen LogP contribution is -2.19. The van der Waals surface area contributed by atoms with Crippen molar-refractivity contribution in [1.29, 1.82) is 0 Å². The molecule has 2 fully saturated rings. The van der Waals surface area contributed by atoms with Gasteiger partial charge in [0.25, 0.3) is 5.91 Å². The fraction of sp³-hybridized carbons (Fsp3) is 0.438. The molecule has 0 radical (unpaired) electrons. The minimum Gasteiger partial charge on any atom is -0.326 e. The standard InChI is InChI=1S/C16H19N3O2/c20-15(11-5-6-11)17-13-9-7-12(8-10-13)16(21)19-18-14-3-1-2-4-14/h7-11H,1-6H2,(H,17,20)(H,19,21). The zero-order valence-corrected chi connectivity index (χ0v) is 11.9. The Morgan fingerprint density at radius 1 is 1.05 bits per heavy atom. The van der Waals surface area contributed by atoms with E-state index in [4.69, 9.17) is 0 Å². The number of hydrogen-bond donors (Lipinski definition) is 2. The van der Waals surface area contributed by atoms with E-state index >= 15 is 0 Å². The van der Waals surface area contributed by atoms with Crippen LogP contribution in [0.5, 0.6) is 0 Å². The van der Waals surface area contributed by atoms with Crippen molar-refractivity contribution in [2.24, 2.45) is 11.0 Å². The number of hydrazone groups is 1. The Morgan fingerprint density at radius 3 is 2.33 bits per heavy atom. The van der Waals surface area contributed by atoms with E-state index in [0.29, 0.717) is 5.56 Å². The summed E-state index contributed by atoms with van der Waals surface area (Å²) < 4.78 is 0. The molecule has 2 saturated carbocycles. The van der Waals surface area contributed by atoms with Gasteiger partial charge in [-0.1, -0.05) is 0 Å². The predicted molar refractivity (Wildman–Crippen MR) is 81.2 cm³/mol. The Hall–Kier alpha value is -2.17. The van der Waals surface area contributed by atoms with Crippen LogP contribution >= 0.6 is 0 Å². The van der Waals surface area contributed by atoms with Crippen molar-refractivity contribution >= 4 is 23.2 Å². The van der Waals surface area contributed by atoms with Crippen LogP contribution in [0.2, 0.25) is 0 Å². The van der Waals surface area contributed by atoms with Crippen molar-refractivity contribution in [3.05, 3.63) is 29.8 Å². The SMILES string of the molecule is O=C(NN=C1CCCC1)c1ccc(NC(=O)C2CC2)cc1. The van der Waals surface area contributed by atoms with Gasteiger partial charge in [0.05, 0.1) is 0 Å². The van der Waals surface area contributed by atoms with Crippen LogP contribution in [0, 0.1) is 5.92 Å². The van der Waals surface area contributed by atoms with Gasteiger partial charge in [-0.2, -0.15) is 5.10 Å². The molecule has 0 aliphatic heterocycles. The Kier molecular flexibility index (Phi) is 3.99. The third-order valence-corrected chi connectivity index (χ3v) is 3.86. The van der Waals surface area contributed by atoms with E-state index < -0.39 is 0 Å². The Balaban J connectivity index is 1.56. The molecule has 1 aromatic carbocycles. The van der Waals surface area contributed by atoms with Gasteiger partial charge in [0.15, 0.2) is 0 Å². The summed E-state index contributed by atoms with van der Waals surface area (Å²) in [5.74, 6) is 0.0320. The fourth-order valence-electron chi connectivity index (χ4n) is 2.38. The maximum Gasteiger partial charge on any atom is 0.271 e. The zero-order valence-electron chi connectivity index (χ0n) is 11.9. The molecule has 2 amide bonds. The Bertz CT molecular complexity index is 566. The molecule has 2 N–H and O–H groups in total. The third kappa shape index (κ3) is 3.68. The van der Waals surface area contributed by atoms with E-state index in [1.165, 1.54) is 0 Å². The number of rotatable bonds is 4. The van der Waals surface area contributed by atoms with Crippen LogP contribution < -0.4 is 10.7 Å². The highest BCUT2D eigenvalue weighted by molar-refractivity contribution is 5.97. The molecular formula is C16H19N3O2. The summed E-state index contributed by atoms with van der Waals surface area (Å²) in [6.07, 6.45) is 6.23. The predicted octanol–water partition coefficient (Wildman–Crippen LogP) is 2.69. The first-order valence-corrected chi connectivity index (χ1v) is 7.49. The van der Waals surface area contributed by atoms with Gasteiger partial charge in [-0.15, -0.1) is 0 Å². The van der Waals surface area contributed by atoms with Gasteiger partial charge in [0.2, 0.25) is 5.91 Å². The summed E-state index contributed by atoms with van der Waals surface area (Å²) in [6.45, 7) is 0. The van der Waals surface area contributed by atoms with Crippen molar-refractivity contribution in [2.45, 2.75) is 38.5 Å². The van der Waals surface area contributed by atoms with E-state index in [1.54, 1.807) is 24.3 Å². The number of anilines is 1. The molecule has 0 heterocycles. The number of carbonyl (C=O) groups is 2. The van der Waals surface area contributed by atoms with Gasteiger partial charge < -0.3 is 5.32 Å². The summed E-state index contributed by atoms with van der Waals surface area (Å²) >= 11 is 0. The number of hydrogen-bond acceptors (Lipinski definition) is 3. The molecule has 2 aliphatic carbocycles. The minimum absolute atomic E-state index is 0.0693. The van der Waals surface area contributed by atoms with Crippen molar-refractivity contribution in [3.63, 3.8) is 0 Å². The molecule has 2 aliphatic rings. The van der Waals surface area contributed by atoms with E-state index in [2.05, 4.69) is 15.8 Å². The lowest BCUT2D eigenvalue weighted by Gasteiger charge is -2.05. The van der Waals surface area contributed by atoms with Crippen LogP contribution in [0.3, 0.4) is 0 Å². The lowest BCUT2D eigenvalue weighted by atomic mass is 10.2. The van der Waals surface area contributed by atoms with Crippen LogP contribution in [-0.4, -0.2) is 17.5 Å². The van der Waals surface area contributed by atoms with Crippen LogP contribution in [0.15, 0.2) is 29.4 Å². The van der Waals surface area contributed by atoms with Gasteiger partial charge in [0, 0.05) is 22.9 Å².